The fourth-order valence-electron chi connectivity index (χ4n) is 2.20. The maximum absolute atomic E-state index is 12.1. The third-order valence-electron chi connectivity index (χ3n) is 3.47. The molecule has 1 aliphatic heterocycles. The molecule has 26 heavy (non-hydrogen) atoms. The van der Waals surface area contributed by atoms with Crippen molar-refractivity contribution in [2.75, 3.05) is 11.1 Å². The molecule has 0 bridgehead atoms. The van der Waals surface area contributed by atoms with Gasteiger partial charge in [-0.1, -0.05) is 69.8 Å². The largest absolute Gasteiger partial charge is 0.325 e. The SMILES string of the molecule is Cc1cc(NC(=O)CSC2=NC(=O)C(=Cc3ccccc3)S2)ccc1Br. The first-order valence-corrected chi connectivity index (χ1v) is 10.4. The summed E-state index contributed by atoms with van der Waals surface area (Å²) in [4.78, 5) is 28.7. The van der Waals surface area contributed by atoms with Crippen LogP contribution in [0.1, 0.15) is 11.1 Å². The van der Waals surface area contributed by atoms with Gasteiger partial charge in [0.05, 0.1) is 10.7 Å². The molecule has 1 aliphatic rings. The summed E-state index contributed by atoms with van der Waals surface area (Å²) in [5, 5.41) is 2.85. The molecular weight excluding hydrogens is 432 g/mol. The minimum Gasteiger partial charge on any atom is -0.325 e. The Balaban J connectivity index is 1.54. The number of rotatable bonds is 4. The molecule has 7 heteroatoms. The van der Waals surface area contributed by atoms with E-state index in [1.807, 2.05) is 61.5 Å². The highest BCUT2D eigenvalue weighted by molar-refractivity contribution is 9.10. The fourth-order valence-corrected chi connectivity index (χ4v) is 4.25. The van der Waals surface area contributed by atoms with E-state index >= 15 is 0 Å². The van der Waals surface area contributed by atoms with Crippen LogP contribution in [0.2, 0.25) is 0 Å². The number of thioether (sulfide) groups is 2. The Kier molecular flexibility index (Phi) is 6.34. The number of hydrogen-bond donors (Lipinski definition) is 1. The smallest absolute Gasteiger partial charge is 0.285 e. The molecule has 0 saturated carbocycles. The number of carbonyl (C=O) groups excluding carboxylic acids is 2. The van der Waals surface area contributed by atoms with Crippen molar-refractivity contribution in [2.24, 2.45) is 4.99 Å². The van der Waals surface area contributed by atoms with Gasteiger partial charge in [0.15, 0.2) is 0 Å². The van der Waals surface area contributed by atoms with Gasteiger partial charge < -0.3 is 5.32 Å². The lowest BCUT2D eigenvalue weighted by Gasteiger charge is -2.06. The summed E-state index contributed by atoms with van der Waals surface area (Å²) in [5.41, 5.74) is 2.75. The third-order valence-corrected chi connectivity index (χ3v) is 6.48. The summed E-state index contributed by atoms with van der Waals surface area (Å²) >= 11 is 6.00. The number of amides is 2. The lowest BCUT2D eigenvalue weighted by atomic mass is 10.2. The minimum absolute atomic E-state index is 0.132. The third kappa shape index (κ3) is 5.09. The highest BCUT2D eigenvalue weighted by atomic mass is 79.9. The Morgan fingerprint density at radius 2 is 2.04 bits per heavy atom. The number of benzene rings is 2. The molecule has 4 nitrogen and oxygen atoms in total. The van der Waals surface area contributed by atoms with Gasteiger partial charge in [0.25, 0.3) is 5.91 Å². The van der Waals surface area contributed by atoms with Gasteiger partial charge in [0, 0.05) is 10.2 Å². The highest BCUT2D eigenvalue weighted by Gasteiger charge is 2.22. The summed E-state index contributed by atoms with van der Waals surface area (Å²) in [7, 11) is 0. The number of aryl methyl sites for hydroxylation is 1. The lowest BCUT2D eigenvalue weighted by Crippen LogP contribution is -2.14. The van der Waals surface area contributed by atoms with Gasteiger partial charge in [0.1, 0.15) is 4.38 Å². The molecule has 0 aromatic heterocycles. The molecule has 0 fully saturated rings. The monoisotopic (exact) mass is 446 g/mol. The van der Waals surface area contributed by atoms with Crippen molar-refractivity contribution >= 4 is 67.4 Å². The second kappa shape index (κ2) is 8.70. The van der Waals surface area contributed by atoms with Crippen molar-refractivity contribution in [1.82, 2.24) is 0 Å². The Bertz CT molecular complexity index is 911. The minimum atomic E-state index is -0.259. The topological polar surface area (TPSA) is 58.5 Å². The van der Waals surface area contributed by atoms with E-state index in [0.29, 0.717) is 9.28 Å². The van der Waals surface area contributed by atoms with Gasteiger partial charge in [0.2, 0.25) is 5.91 Å². The van der Waals surface area contributed by atoms with Crippen LogP contribution < -0.4 is 5.32 Å². The number of nitrogens with zero attached hydrogens (tertiary/aromatic N) is 1. The normalized spacial score (nSPS) is 15.2. The van der Waals surface area contributed by atoms with Crippen LogP contribution in [-0.2, 0) is 9.59 Å². The van der Waals surface area contributed by atoms with Gasteiger partial charge >= 0.3 is 0 Å². The molecule has 1 N–H and O–H groups in total. The Hall–Kier alpha value is -1.83. The lowest BCUT2D eigenvalue weighted by molar-refractivity contribution is -0.114. The van der Waals surface area contributed by atoms with E-state index in [0.717, 1.165) is 21.3 Å². The predicted octanol–water partition coefficient (Wildman–Crippen LogP) is 5.10. The molecule has 0 spiro atoms. The maximum atomic E-state index is 12.1. The molecule has 1 heterocycles. The molecule has 0 saturated heterocycles. The Labute approximate surface area is 168 Å². The average Bonchev–Trinajstić information content (AvgIpc) is 2.97. The first-order chi connectivity index (χ1) is 12.5. The van der Waals surface area contributed by atoms with Crippen LogP contribution in [-0.4, -0.2) is 21.9 Å². The van der Waals surface area contributed by atoms with Crippen LogP contribution in [0.25, 0.3) is 6.08 Å². The first-order valence-electron chi connectivity index (χ1n) is 7.78. The number of carbonyl (C=O) groups is 2. The molecular formula is C19H15BrN2O2S2. The molecule has 0 unspecified atom stereocenters. The van der Waals surface area contributed by atoms with Gasteiger partial charge in [-0.05, 0) is 42.3 Å². The van der Waals surface area contributed by atoms with Crippen molar-refractivity contribution in [3.63, 3.8) is 0 Å². The van der Waals surface area contributed by atoms with Crippen LogP contribution in [0.5, 0.6) is 0 Å². The van der Waals surface area contributed by atoms with E-state index < -0.39 is 0 Å². The standard InChI is InChI=1S/C19H15BrN2O2S2/c1-12-9-14(7-8-15(12)20)21-17(23)11-25-19-22-18(24)16(26-19)10-13-5-3-2-4-6-13/h2-10H,11H2,1H3,(H,21,23). The van der Waals surface area contributed by atoms with E-state index in [1.54, 1.807) is 0 Å². The van der Waals surface area contributed by atoms with Crippen LogP contribution >= 0.6 is 39.5 Å². The summed E-state index contributed by atoms with van der Waals surface area (Å²) < 4.78 is 1.59. The van der Waals surface area contributed by atoms with E-state index in [1.165, 1.54) is 23.5 Å². The van der Waals surface area contributed by atoms with E-state index in [-0.39, 0.29) is 17.6 Å². The van der Waals surface area contributed by atoms with Crippen molar-refractivity contribution < 1.29 is 9.59 Å². The fraction of sp³-hybridized carbons (Fsp3) is 0.105. The Morgan fingerprint density at radius 1 is 1.27 bits per heavy atom. The van der Waals surface area contributed by atoms with E-state index in [4.69, 9.17) is 0 Å². The van der Waals surface area contributed by atoms with Crippen LogP contribution in [0.15, 0.2) is 62.9 Å². The summed E-state index contributed by atoms with van der Waals surface area (Å²) in [5.74, 6) is -0.189. The number of aliphatic imine (C=N–C) groups is 1. The predicted molar refractivity (Wildman–Crippen MR) is 114 cm³/mol. The molecule has 0 radical (unpaired) electrons. The summed E-state index contributed by atoms with van der Waals surface area (Å²) in [6.45, 7) is 1.96. The van der Waals surface area contributed by atoms with E-state index in [2.05, 4.69) is 26.2 Å². The number of hydrogen-bond acceptors (Lipinski definition) is 4. The highest BCUT2D eigenvalue weighted by Crippen LogP contribution is 2.33. The van der Waals surface area contributed by atoms with E-state index in [9.17, 15) is 9.59 Å². The molecule has 2 aromatic carbocycles. The Morgan fingerprint density at radius 3 is 2.77 bits per heavy atom. The van der Waals surface area contributed by atoms with Crippen LogP contribution in [0.3, 0.4) is 0 Å². The molecule has 132 valence electrons. The number of halogens is 1. The quantitative estimate of drug-likeness (QED) is 0.663. The van der Waals surface area contributed by atoms with Crippen molar-refractivity contribution in [3.8, 4) is 0 Å². The molecule has 2 aromatic rings. The zero-order chi connectivity index (χ0) is 18.5. The zero-order valence-corrected chi connectivity index (χ0v) is 17.1. The van der Waals surface area contributed by atoms with Crippen LogP contribution in [0.4, 0.5) is 5.69 Å². The number of anilines is 1. The van der Waals surface area contributed by atoms with Gasteiger partial charge in [-0.15, -0.1) is 0 Å². The molecule has 0 atom stereocenters. The molecule has 3 rings (SSSR count). The zero-order valence-electron chi connectivity index (χ0n) is 13.9. The average molecular weight is 447 g/mol. The van der Waals surface area contributed by atoms with Crippen molar-refractivity contribution in [2.45, 2.75) is 6.92 Å². The van der Waals surface area contributed by atoms with Gasteiger partial charge in [-0.3, -0.25) is 9.59 Å². The summed E-state index contributed by atoms with van der Waals surface area (Å²) in [6.07, 6.45) is 1.81. The van der Waals surface area contributed by atoms with Gasteiger partial charge in [-0.25, -0.2) is 0 Å². The molecule has 2 amide bonds. The summed E-state index contributed by atoms with van der Waals surface area (Å²) in [6, 6.07) is 15.3. The first kappa shape index (κ1) is 18.9. The van der Waals surface area contributed by atoms with Gasteiger partial charge in [-0.2, -0.15) is 4.99 Å². The maximum Gasteiger partial charge on any atom is 0.285 e. The second-order valence-corrected chi connectivity index (χ2v) is 8.61. The van der Waals surface area contributed by atoms with Crippen LogP contribution in [0, 0.1) is 6.92 Å². The second-order valence-electron chi connectivity index (χ2n) is 5.51. The van der Waals surface area contributed by atoms with Crippen molar-refractivity contribution in [1.29, 1.82) is 0 Å². The van der Waals surface area contributed by atoms with Crippen molar-refractivity contribution in [3.05, 3.63) is 69.0 Å². The molecule has 0 aliphatic carbocycles. The number of nitrogens with one attached hydrogen (secondary N) is 1.